The molecule has 114 valence electrons. The molecule has 0 bridgehead atoms. The van der Waals surface area contributed by atoms with Gasteiger partial charge in [0.05, 0.1) is 12.8 Å². The summed E-state index contributed by atoms with van der Waals surface area (Å²) in [5, 5.41) is 7.73. The topological polar surface area (TPSA) is 73.6 Å². The van der Waals surface area contributed by atoms with Crippen LogP contribution >= 0.6 is 11.6 Å². The Bertz CT molecular complexity index is 777. The van der Waals surface area contributed by atoms with Crippen molar-refractivity contribution < 1.29 is 9.47 Å². The number of aromatic nitrogens is 4. The van der Waals surface area contributed by atoms with Crippen molar-refractivity contribution in [3.8, 4) is 5.88 Å². The lowest BCUT2D eigenvalue weighted by molar-refractivity contribution is 0.144. The van der Waals surface area contributed by atoms with E-state index in [-0.39, 0.29) is 0 Å². The molecule has 0 aliphatic carbocycles. The van der Waals surface area contributed by atoms with E-state index in [2.05, 4.69) is 20.4 Å². The number of nitrogens with zero attached hydrogens (tertiary/aromatic N) is 4. The second kappa shape index (κ2) is 6.59. The molecule has 3 aromatic rings. The first-order chi connectivity index (χ1) is 10.8. The zero-order valence-corrected chi connectivity index (χ0v) is 12.6. The van der Waals surface area contributed by atoms with Gasteiger partial charge in [-0.3, -0.25) is 0 Å². The lowest BCUT2D eigenvalue weighted by Gasteiger charge is -2.10. The van der Waals surface area contributed by atoms with Gasteiger partial charge in [0.15, 0.2) is 5.65 Å². The quantitative estimate of drug-likeness (QED) is 0.556. The van der Waals surface area contributed by atoms with E-state index < -0.39 is 0 Å². The molecule has 0 aliphatic heterocycles. The zero-order valence-electron chi connectivity index (χ0n) is 11.9. The average Bonchev–Trinajstić information content (AvgIpc) is 2.96. The van der Waals surface area contributed by atoms with E-state index in [0.29, 0.717) is 41.5 Å². The Morgan fingerprint density at radius 2 is 2.14 bits per heavy atom. The van der Waals surface area contributed by atoms with Crippen LogP contribution in [-0.4, -0.2) is 39.9 Å². The van der Waals surface area contributed by atoms with E-state index in [1.807, 2.05) is 12.1 Å². The highest BCUT2D eigenvalue weighted by molar-refractivity contribution is 6.29. The van der Waals surface area contributed by atoms with Crippen LogP contribution in [0.4, 0.5) is 11.6 Å². The number of methoxy groups -OCH3 is 1. The first kappa shape index (κ1) is 14.6. The van der Waals surface area contributed by atoms with Gasteiger partial charge >= 0.3 is 0 Å². The Kier molecular flexibility index (Phi) is 4.36. The third-order valence-electron chi connectivity index (χ3n) is 2.85. The minimum Gasteiger partial charge on any atom is -0.475 e. The summed E-state index contributed by atoms with van der Waals surface area (Å²) in [5.41, 5.74) is 0.655. The molecule has 0 radical (unpaired) electrons. The van der Waals surface area contributed by atoms with Gasteiger partial charge in [-0.1, -0.05) is 17.7 Å². The molecule has 0 saturated heterocycles. The molecule has 0 fully saturated rings. The molecule has 7 nitrogen and oxygen atoms in total. The van der Waals surface area contributed by atoms with Crippen LogP contribution in [0.5, 0.6) is 5.88 Å². The Hall–Kier alpha value is -2.38. The standard InChI is InChI=1S/C14H14ClN5O2/c1-21-7-8-22-14-4-2-3-11(19-14)18-13-9-10(15)17-12-5-6-16-20(12)13/h2-6,9H,7-8H2,1H3,(H,18,19). The maximum absolute atomic E-state index is 6.01. The summed E-state index contributed by atoms with van der Waals surface area (Å²) in [4.78, 5) is 8.54. The average molecular weight is 320 g/mol. The first-order valence-electron chi connectivity index (χ1n) is 6.62. The molecule has 3 heterocycles. The van der Waals surface area contributed by atoms with Crippen LogP contribution in [0.25, 0.3) is 5.65 Å². The molecule has 3 aromatic heterocycles. The molecular formula is C14H14ClN5O2. The van der Waals surface area contributed by atoms with Crippen LogP contribution in [-0.2, 0) is 4.74 Å². The minimum atomic E-state index is 0.378. The highest BCUT2D eigenvalue weighted by Gasteiger charge is 2.07. The third-order valence-corrected chi connectivity index (χ3v) is 3.04. The van der Waals surface area contributed by atoms with Crippen molar-refractivity contribution in [2.24, 2.45) is 0 Å². The summed E-state index contributed by atoms with van der Waals surface area (Å²) >= 11 is 6.01. The molecule has 0 amide bonds. The van der Waals surface area contributed by atoms with Gasteiger partial charge in [0, 0.05) is 25.3 Å². The van der Waals surface area contributed by atoms with E-state index in [4.69, 9.17) is 21.1 Å². The van der Waals surface area contributed by atoms with Crippen LogP contribution in [0.2, 0.25) is 5.15 Å². The predicted molar refractivity (Wildman–Crippen MR) is 82.9 cm³/mol. The number of fused-ring (bicyclic) bond motifs is 1. The molecule has 0 aliphatic rings. The Balaban J connectivity index is 1.82. The molecule has 0 atom stereocenters. The molecule has 22 heavy (non-hydrogen) atoms. The lowest BCUT2D eigenvalue weighted by Crippen LogP contribution is -2.07. The normalized spacial score (nSPS) is 10.8. The van der Waals surface area contributed by atoms with Crippen molar-refractivity contribution >= 4 is 28.9 Å². The molecule has 8 heteroatoms. The molecule has 0 unspecified atom stereocenters. The zero-order chi connectivity index (χ0) is 15.4. The van der Waals surface area contributed by atoms with E-state index in [1.54, 1.807) is 36.0 Å². The number of nitrogens with one attached hydrogen (secondary N) is 1. The molecule has 0 spiro atoms. The van der Waals surface area contributed by atoms with Gasteiger partial charge in [0.1, 0.15) is 23.4 Å². The second-order valence-corrected chi connectivity index (χ2v) is 4.78. The largest absolute Gasteiger partial charge is 0.475 e. The van der Waals surface area contributed by atoms with E-state index in [9.17, 15) is 0 Å². The highest BCUT2D eigenvalue weighted by atomic mass is 35.5. The third kappa shape index (κ3) is 3.26. The van der Waals surface area contributed by atoms with E-state index in [1.165, 1.54) is 0 Å². The summed E-state index contributed by atoms with van der Waals surface area (Å²) in [6.45, 7) is 0.949. The smallest absolute Gasteiger partial charge is 0.215 e. The highest BCUT2D eigenvalue weighted by Crippen LogP contribution is 2.20. The van der Waals surface area contributed by atoms with Gasteiger partial charge in [-0.2, -0.15) is 14.6 Å². The van der Waals surface area contributed by atoms with Crippen LogP contribution in [0.15, 0.2) is 36.5 Å². The molecule has 3 rings (SSSR count). The minimum absolute atomic E-state index is 0.378. The number of anilines is 2. The van der Waals surface area contributed by atoms with Crippen molar-refractivity contribution in [2.75, 3.05) is 25.6 Å². The number of hydrogen-bond acceptors (Lipinski definition) is 6. The van der Waals surface area contributed by atoms with Crippen LogP contribution < -0.4 is 10.1 Å². The summed E-state index contributed by atoms with van der Waals surface area (Å²) in [7, 11) is 1.62. The number of halogens is 1. The van der Waals surface area contributed by atoms with E-state index in [0.717, 1.165) is 0 Å². The summed E-state index contributed by atoms with van der Waals surface area (Å²) in [6, 6.07) is 8.91. The molecule has 0 aromatic carbocycles. The van der Waals surface area contributed by atoms with Crippen molar-refractivity contribution in [2.45, 2.75) is 0 Å². The van der Waals surface area contributed by atoms with Crippen LogP contribution in [0.3, 0.4) is 0 Å². The Morgan fingerprint density at radius 1 is 1.23 bits per heavy atom. The van der Waals surface area contributed by atoms with Crippen molar-refractivity contribution in [1.82, 2.24) is 19.6 Å². The maximum Gasteiger partial charge on any atom is 0.215 e. The predicted octanol–water partition coefficient (Wildman–Crippen LogP) is 2.55. The number of ether oxygens (including phenoxy) is 2. The first-order valence-corrected chi connectivity index (χ1v) is 7.00. The number of hydrogen-bond donors (Lipinski definition) is 1. The summed E-state index contributed by atoms with van der Waals surface area (Å²) in [5.74, 6) is 1.80. The fraction of sp³-hybridized carbons (Fsp3) is 0.214. The van der Waals surface area contributed by atoms with Crippen LogP contribution in [0.1, 0.15) is 0 Å². The van der Waals surface area contributed by atoms with Gasteiger partial charge in [0.25, 0.3) is 0 Å². The summed E-state index contributed by atoms with van der Waals surface area (Å²) in [6.07, 6.45) is 1.65. The monoisotopic (exact) mass is 319 g/mol. The van der Waals surface area contributed by atoms with Crippen molar-refractivity contribution in [3.63, 3.8) is 0 Å². The van der Waals surface area contributed by atoms with Gasteiger partial charge in [-0.25, -0.2) is 4.98 Å². The fourth-order valence-corrected chi connectivity index (χ4v) is 2.09. The number of pyridine rings is 1. The molecule has 1 N–H and O–H groups in total. The maximum atomic E-state index is 6.01. The van der Waals surface area contributed by atoms with Crippen LogP contribution in [0, 0.1) is 0 Å². The van der Waals surface area contributed by atoms with Gasteiger partial charge in [-0.05, 0) is 6.07 Å². The van der Waals surface area contributed by atoms with Crippen molar-refractivity contribution in [1.29, 1.82) is 0 Å². The lowest BCUT2D eigenvalue weighted by atomic mass is 10.4. The number of rotatable bonds is 6. The van der Waals surface area contributed by atoms with Gasteiger partial charge < -0.3 is 14.8 Å². The second-order valence-electron chi connectivity index (χ2n) is 4.39. The van der Waals surface area contributed by atoms with E-state index >= 15 is 0 Å². The Morgan fingerprint density at radius 3 is 3.00 bits per heavy atom. The SMILES string of the molecule is COCCOc1cccc(Nc2cc(Cl)nc3ccnn23)n1. The van der Waals surface area contributed by atoms with Crippen molar-refractivity contribution in [3.05, 3.63) is 41.7 Å². The Labute approximate surface area is 131 Å². The molecular weight excluding hydrogens is 306 g/mol. The fourth-order valence-electron chi connectivity index (χ4n) is 1.90. The van der Waals surface area contributed by atoms with Gasteiger partial charge in [0.2, 0.25) is 5.88 Å². The summed E-state index contributed by atoms with van der Waals surface area (Å²) < 4.78 is 12.1. The van der Waals surface area contributed by atoms with Gasteiger partial charge in [-0.15, -0.1) is 0 Å². The molecule has 0 saturated carbocycles.